The standard InChI is InChI=1S/C20H15ClN2O4/c1-11-19(24)23-15-10-12(6-7-17(15)26-11)22-20(25)18-9-8-16(27-18)13-4-2-3-5-14(13)21/h2-11H,1H3,(H,22,25)(H,23,24). The fourth-order valence-corrected chi connectivity index (χ4v) is 2.97. The number of amides is 2. The zero-order chi connectivity index (χ0) is 19.0. The molecule has 136 valence electrons. The van der Waals surface area contributed by atoms with Gasteiger partial charge >= 0.3 is 0 Å². The SMILES string of the molecule is CC1Oc2ccc(NC(=O)c3ccc(-c4ccccc4Cl)o3)cc2NC1=O. The van der Waals surface area contributed by atoms with Gasteiger partial charge in [-0.1, -0.05) is 23.7 Å². The molecule has 1 aliphatic heterocycles. The zero-order valence-corrected chi connectivity index (χ0v) is 15.0. The number of carbonyl (C=O) groups excluding carboxylic acids is 2. The maximum atomic E-state index is 12.5. The molecule has 6 nitrogen and oxygen atoms in total. The Balaban J connectivity index is 1.53. The number of nitrogens with one attached hydrogen (secondary N) is 2. The van der Waals surface area contributed by atoms with Gasteiger partial charge in [-0.25, -0.2) is 0 Å². The fraction of sp³-hybridized carbons (Fsp3) is 0.100. The third-order valence-electron chi connectivity index (χ3n) is 4.14. The first kappa shape index (κ1) is 17.2. The largest absolute Gasteiger partial charge is 0.479 e. The van der Waals surface area contributed by atoms with Crippen molar-refractivity contribution in [3.63, 3.8) is 0 Å². The number of anilines is 2. The van der Waals surface area contributed by atoms with Crippen molar-refractivity contribution >= 4 is 34.8 Å². The number of ether oxygens (including phenoxy) is 1. The zero-order valence-electron chi connectivity index (χ0n) is 14.3. The van der Waals surface area contributed by atoms with Gasteiger partial charge in [0.2, 0.25) is 0 Å². The highest BCUT2D eigenvalue weighted by atomic mass is 35.5. The first-order chi connectivity index (χ1) is 13.0. The van der Waals surface area contributed by atoms with Gasteiger partial charge in [0, 0.05) is 11.3 Å². The lowest BCUT2D eigenvalue weighted by molar-refractivity contribution is -0.122. The number of rotatable bonds is 3. The Morgan fingerprint density at radius 1 is 1.15 bits per heavy atom. The molecular formula is C20H15ClN2O4. The van der Waals surface area contributed by atoms with Gasteiger partial charge in [-0.2, -0.15) is 0 Å². The number of carbonyl (C=O) groups is 2. The third-order valence-corrected chi connectivity index (χ3v) is 4.47. The summed E-state index contributed by atoms with van der Waals surface area (Å²) in [6, 6.07) is 15.5. The van der Waals surface area contributed by atoms with E-state index in [2.05, 4.69) is 10.6 Å². The van der Waals surface area contributed by atoms with E-state index in [1.807, 2.05) is 18.2 Å². The maximum Gasteiger partial charge on any atom is 0.291 e. The second-order valence-corrected chi connectivity index (χ2v) is 6.47. The molecule has 0 spiro atoms. The summed E-state index contributed by atoms with van der Waals surface area (Å²) in [5.41, 5.74) is 1.72. The second kappa shape index (κ2) is 6.81. The van der Waals surface area contributed by atoms with Crippen LogP contribution in [0.5, 0.6) is 5.75 Å². The lowest BCUT2D eigenvalue weighted by Gasteiger charge is -2.23. The average Bonchev–Trinajstić information content (AvgIpc) is 3.13. The summed E-state index contributed by atoms with van der Waals surface area (Å²) in [6.45, 7) is 1.67. The summed E-state index contributed by atoms with van der Waals surface area (Å²) in [6.07, 6.45) is -0.552. The number of halogens is 1. The van der Waals surface area contributed by atoms with E-state index in [4.69, 9.17) is 20.8 Å². The normalized spacial score (nSPS) is 15.5. The van der Waals surface area contributed by atoms with Crippen molar-refractivity contribution in [3.05, 3.63) is 65.4 Å². The van der Waals surface area contributed by atoms with Crippen LogP contribution in [0, 0.1) is 0 Å². The van der Waals surface area contributed by atoms with Gasteiger partial charge in [0.1, 0.15) is 11.5 Å². The van der Waals surface area contributed by atoms with E-state index < -0.39 is 12.0 Å². The summed E-state index contributed by atoms with van der Waals surface area (Å²) in [7, 11) is 0. The molecule has 27 heavy (non-hydrogen) atoms. The van der Waals surface area contributed by atoms with Crippen LogP contribution in [0.15, 0.2) is 59.0 Å². The van der Waals surface area contributed by atoms with Gasteiger partial charge in [0.05, 0.1) is 10.7 Å². The number of hydrogen-bond donors (Lipinski definition) is 2. The molecule has 0 radical (unpaired) electrons. The molecule has 2 aromatic carbocycles. The number of fused-ring (bicyclic) bond motifs is 1. The van der Waals surface area contributed by atoms with Crippen LogP contribution in [0.2, 0.25) is 5.02 Å². The van der Waals surface area contributed by atoms with Crippen LogP contribution < -0.4 is 15.4 Å². The van der Waals surface area contributed by atoms with Crippen LogP contribution in [0.4, 0.5) is 11.4 Å². The Labute approximate surface area is 160 Å². The lowest BCUT2D eigenvalue weighted by atomic mass is 10.2. The van der Waals surface area contributed by atoms with Gasteiger partial charge < -0.3 is 19.8 Å². The topological polar surface area (TPSA) is 80.6 Å². The van der Waals surface area contributed by atoms with E-state index in [9.17, 15) is 9.59 Å². The molecule has 2 N–H and O–H groups in total. The van der Waals surface area contributed by atoms with E-state index >= 15 is 0 Å². The Bertz CT molecular complexity index is 1040. The summed E-state index contributed by atoms with van der Waals surface area (Å²) in [5, 5.41) is 6.02. The molecule has 1 atom stereocenters. The average molecular weight is 383 g/mol. The van der Waals surface area contributed by atoms with Crippen LogP contribution in [-0.2, 0) is 4.79 Å². The minimum absolute atomic E-state index is 0.150. The monoisotopic (exact) mass is 382 g/mol. The minimum atomic E-state index is -0.552. The fourth-order valence-electron chi connectivity index (χ4n) is 2.74. The van der Waals surface area contributed by atoms with E-state index in [-0.39, 0.29) is 11.7 Å². The Kier molecular flexibility index (Phi) is 4.33. The van der Waals surface area contributed by atoms with Crippen molar-refractivity contribution < 1.29 is 18.7 Å². The van der Waals surface area contributed by atoms with Gasteiger partial charge in [-0.3, -0.25) is 9.59 Å². The number of benzene rings is 2. The summed E-state index contributed by atoms with van der Waals surface area (Å²) < 4.78 is 11.1. The molecular weight excluding hydrogens is 368 g/mol. The number of furan rings is 1. The van der Waals surface area contributed by atoms with Gasteiger partial charge in [-0.15, -0.1) is 0 Å². The minimum Gasteiger partial charge on any atom is -0.479 e. The second-order valence-electron chi connectivity index (χ2n) is 6.06. The summed E-state index contributed by atoms with van der Waals surface area (Å²) >= 11 is 6.16. The molecule has 0 bridgehead atoms. The molecule has 2 heterocycles. The molecule has 0 aliphatic carbocycles. The van der Waals surface area contributed by atoms with Crippen molar-refractivity contribution in [2.24, 2.45) is 0 Å². The molecule has 1 aliphatic rings. The van der Waals surface area contributed by atoms with Crippen LogP contribution in [-0.4, -0.2) is 17.9 Å². The Hall–Kier alpha value is -3.25. The molecule has 3 aromatic rings. The first-order valence-corrected chi connectivity index (χ1v) is 8.67. The Morgan fingerprint density at radius 2 is 1.96 bits per heavy atom. The molecule has 1 aromatic heterocycles. The summed E-state index contributed by atoms with van der Waals surface area (Å²) in [5.74, 6) is 0.563. The van der Waals surface area contributed by atoms with Gasteiger partial charge in [-0.05, 0) is 49.4 Å². The van der Waals surface area contributed by atoms with Gasteiger partial charge in [0.25, 0.3) is 11.8 Å². The number of hydrogen-bond acceptors (Lipinski definition) is 4. The molecule has 0 saturated carbocycles. The van der Waals surface area contributed by atoms with Crippen molar-refractivity contribution in [1.82, 2.24) is 0 Å². The predicted octanol–water partition coefficient (Wildman–Crippen LogP) is 4.57. The lowest BCUT2D eigenvalue weighted by Crippen LogP contribution is -2.34. The van der Waals surface area contributed by atoms with Crippen molar-refractivity contribution in [3.8, 4) is 17.1 Å². The van der Waals surface area contributed by atoms with E-state index in [0.29, 0.717) is 33.5 Å². The van der Waals surface area contributed by atoms with E-state index in [1.54, 1.807) is 43.3 Å². The maximum absolute atomic E-state index is 12.5. The quantitative estimate of drug-likeness (QED) is 0.695. The van der Waals surface area contributed by atoms with Crippen molar-refractivity contribution in [2.45, 2.75) is 13.0 Å². The molecule has 4 rings (SSSR count). The smallest absolute Gasteiger partial charge is 0.291 e. The van der Waals surface area contributed by atoms with E-state index in [1.165, 1.54) is 0 Å². The first-order valence-electron chi connectivity index (χ1n) is 8.29. The molecule has 1 unspecified atom stereocenters. The Morgan fingerprint density at radius 3 is 2.78 bits per heavy atom. The molecule has 7 heteroatoms. The molecule has 0 fully saturated rings. The van der Waals surface area contributed by atoms with Crippen LogP contribution in [0.3, 0.4) is 0 Å². The highest BCUT2D eigenvalue weighted by Crippen LogP contribution is 2.33. The summed E-state index contributed by atoms with van der Waals surface area (Å²) in [4.78, 5) is 24.2. The highest BCUT2D eigenvalue weighted by Gasteiger charge is 2.24. The van der Waals surface area contributed by atoms with E-state index in [0.717, 1.165) is 0 Å². The van der Waals surface area contributed by atoms with Gasteiger partial charge in [0.15, 0.2) is 11.9 Å². The molecule has 2 amide bonds. The van der Waals surface area contributed by atoms with Crippen molar-refractivity contribution in [2.75, 3.05) is 10.6 Å². The van der Waals surface area contributed by atoms with Crippen LogP contribution in [0.25, 0.3) is 11.3 Å². The third kappa shape index (κ3) is 3.39. The highest BCUT2D eigenvalue weighted by molar-refractivity contribution is 6.33. The van der Waals surface area contributed by atoms with Crippen LogP contribution in [0.1, 0.15) is 17.5 Å². The van der Waals surface area contributed by atoms with Crippen LogP contribution >= 0.6 is 11.6 Å². The predicted molar refractivity (Wildman–Crippen MR) is 102 cm³/mol. The van der Waals surface area contributed by atoms with Crippen molar-refractivity contribution in [1.29, 1.82) is 0 Å². The molecule has 0 saturated heterocycles.